The van der Waals surface area contributed by atoms with Gasteiger partial charge in [-0.25, -0.2) is 4.39 Å². The van der Waals surface area contributed by atoms with E-state index in [1.165, 1.54) is 13.2 Å². The van der Waals surface area contributed by atoms with Gasteiger partial charge in [0.25, 0.3) is 0 Å². The maximum atomic E-state index is 12.7. The van der Waals surface area contributed by atoms with E-state index < -0.39 is 5.82 Å². The van der Waals surface area contributed by atoms with E-state index in [2.05, 4.69) is 4.74 Å². The highest BCUT2D eigenvalue weighted by molar-refractivity contribution is 6.33. The lowest BCUT2D eigenvalue weighted by atomic mass is 10.3. The summed E-state index contributed by atoms with van der Waals surface area (Å²) >= 11 is 5.48. The van der Waals surface area contributed by atoms with Crippen molar-refractivity contribution in [3.63, 3.8) is 0 Å². The Hall–Kier alpha value is -0.960. The molecule has 0 bridgehead atoms. The number of hydrogen-bond acceptors (Lipinski definition) is 2. The molecule has 0 radical (unpaired) electrons. The second-order valence-electron chi connectivity index (χ2n) is 1.91. The molecule has 0 unspecified atom stereocenters. The van der Waals surface area contributed by atoms with Gasteiger partial charge in [-0.1, -0.05) is 11.6 Å². The van der Waals surface area contributed by atoms with Crippen molar-refractivity contribution in [2.45, 2.75) is 0 Å². The Labute approximate surface area is 68.2 Å². The number of phenolic OH excluding ortho intramolecular Hbond substituents is 1. The number of aromatic hydroxyl groups is 1. The van der Waals surface area contributed by atoms with Gasteiger partial charge in [-0.15, -0.1) is 0 Å². The first-order valence-electron chi connectivity index (χ1n) is 2.87. The Morgan fingerprint density at radius 2 is 2.18 bits per heavy atom. The number of ether oxygens (including phenoxy) is 1. The topological polar surface area (TPSA) is 29.5 Å². The molecule has 1 rings (SSSR count). The molecule has 2 nitrogen and oxygen atoms in total. The normalized spacial score (nSPS) is 9.73. The maximum absolute atomic E-state index is 12.7. The number of halogens is 2. The number of methoxy groups -OCH3 is 1. The first kappa shape index (κ1) is 8.14. The van der Waals surface area contributed by atoms with Crippen molar-refractivity contribution in [1.29, 1.82) is 0 Å². The van der Waals surface area contributed by atoms with Crippen LogP contribution in [0.4, 0.5) is 4.39 Å². The quantitative estimate of drug-likeness (QED) is 0.711. The summed E-state index contributed by atoms with van der Waals surface area (Å²) in [6, 6.07) is 2.25. The van der Waals surface area contributed by atoms with Crippen molar-refractivity contribution in [3.05, 3.63) is 23.0 Å². The van der Waals surface area contributed by atoms with E-state index in [1.807, 2.05) is 0 Å². The highest BCUT2D eigenvalue weighted by Crippen LogP contribution is 2.34. The average Bonchev–Trinajstić information content (AvgIpc) is 1.99. The van der Waals surface area contributed by atoms with Crippen LogP contribution in [0, 0.1) is 5.82 Å². The molecule has 1 N–H and O–H groups in total. The fourth-order valence-electron chi connectivity index (χ4n) is 0.709. The second-order valence-corrected chi connectivity index (χ2v) is 2.29. The lowest BCUT2D eigenvalue weighted by Gasteiger charge is -2.04. The monoisotopic (exact) mass is 176 g/mol. The fraction of sp³-hybridized carbons (Fsp3) is 0.143. The van der Waals surface area contributed by atoms with Gasteiger partial charge in [-0.3, -0.25) is 0 Å². The fourth-order valence-corrected chi connectivity index (χ4v) is 0.940. The van der Waals surface area contributed by atoms with E-state index in [1.54, 1.807) is 0 Å². The molecule has 0 spiro atoms. The van der Waals surface area contributed by atoms with Crippen molar-refractivity contribution in [2.24, 2.45) is 0 Å². The molecule has 0 fully saturated rings. The Balaban J connectivity index is 3.29. The van der Waals surface area contributed by atoms with Gasteiger partial charge in [0.2, 0.25) is 0 Å². The highest BCUT2D eigenvalue weighted by atomic mass is 35.5. The summed E-state index contributed by atoms with van der Waals surface area (Å²) in [4.78, 5) is 0. The van der Waals surface area contributed by atoms with Crippen molar-refractivity contribution < 1.29 is 14.2 Å². The Bertz CT molecular complexity index is 275. The van der Waals surface area contributed by atoms with E-state index >= 15 is 0 Å². The molecule has 0 saturated carbocycles. The Kier molecular flexibility index (Phi) is 2.19. The molecule has 0 aliphatic carbocycles. The molecule has 0 atom stereocenters. The van der Waals surface area contributed by atoms with Crippen molar-refractivity contribution in [3.8, 4) is 11.5 Å². The van der Waals surface area contributed by atoms with Gasteiger partial charge >= 0.3 is 0 Å². The van der Waals surface area contributed by atoms with Crippen LogP contribution < -0.4 is 4.74 Å². The van der Waals surface area contributed by atoms with Gasteiger partial charge in [0.1, 0.15) is 10.8 Å². The molecular formula is C7H6ClFO2. The van der Waals surface area contributed by atoms with E-state index in [9.17, 15) is 4.39 Å². The zero-order valence-corrected chi connectivity index (χ0v) is 6.52. The first-order valence-corrected chi connectivity index (χ1v) is 3.25. The van der Waals surface area contributed by atoms with Gasteiger partial charge in [0.15, 0.2) is 11.6 Å². The zero-order chi connectivity index (χ0) is 8.43. The third-order valence-electron chi connectivity index (χ3n) is 1.23. The standard InChI is InChI=1S/C7H6ClFO2/c1-11-7-4(9)2-3-5(10)6(7)8/h2-3,10H,1H3. The molecule has 11 heavy (non-hydrogen) atoms. The van der Waals surface area contributed by atoms with Gasteiger partial charge in [0.05, 0.1) is 7.11 Å². The molecule has 0 heterocycles. The molecule has 4 heteroatoms. The third-order valence-corrected chi connectivity index (χ3v) is 1.60. The Morgan fingerprint density at radius 1 is 1.55 bits per heavy atom. The summed E-state index contributed by atoms with van der Waals surface area (Å²) in [5.74, 6) is -0.910. The zero-order valence-electron chi connectivity index (χ0n) is 5.77. The van der Waals surface area contributed by atoms with E-state index in [0.717, 1.165) is 6.07 Å². The summed E-state index contributed by atoms with van der Waals surface area (Å²) in [5, 5.41) is 8.87. The predicted octanol–water partition coefficient (Wildman–Crippen LogP) is 2.19. The summed E-state index contributed by atoms with van der Waals surface area (Å²) in [5.41, 5.74) is 0. The highest BCUT2D eigenvalue weighted by Gasteiger charge is 2.10. The lowest BCUT2D eigenvalue weighted by Crippen LogP contribution is -1.88. The number of hydrogen-bond donors (Lipinski definition) is 1. The largest absolute Gasteiger partial charge is 0.506 e. The number of benzene rings is 1. The van der Waals surface area contributed by atoms with E-state index in [-0.39, 0.29) is 16.5 Å². The predicted molar refractivity (Wildman–Crippen MR) is 39.6 cm³/mol. The number of rotatable bonds is 1. The third kappa shape index (κ3) is 1.38. The lowest BCUT2D eigenvalue weighted by molar-refractivity contribution is 0.381. The molecular weight excluding hydrogens is 171 g/mol. The van der Waals surface area contributed by atoms with E-state index in [0.29, 0.717) is 0 Å². The average molecular weight is 177 g/mol. The van der Waals surface area contributed by atoms with Crippen LogP contribution in [0.2, 0.25) is 5.02 Å². The molecule has 0 amide bonds. The van der Waals surface area contributed by atoms with Crippen molar-refractivity contribution >= 4 is 11.6 Å². The minimum absolute atomic E-state index is 0.104. The molecule has 1 aromatic rings. The molecule has 60 valence electrons. The minimum atomic E-state index is -0.588. The first-order chi connectivity index (χ1) is 5.16. The minimum Gasteiger partial charge on any atom is -0.506 e. The molecule has 0 aromatic heterocycles. The molecule has 1 aromatic carbocycles. The number of phenols is 1. The van der Waals surface area contributed by atoms with Crippen molar-refractivity contribution in [1.82, 2.24) is 0 Å². The maximum Gasteiger partial charge on any atom is 0.176 e. The van der Waals surface area contributed by atoms with E-state index in [4.69, 9.17) is 16.7 Å². The summed E-state index contributed by atoms with van der Waals surface area (Å²) in [7, 11) is 1.28. The van der Waals surface area contributed by atoms with Crippen molar-refractivity contribution in [2.75, 3.05) is 7.11 Å². The summed E-state index contributed by atoms with van der Waals surface area (Å²) in [6.07, 6.45) is 0. The van der Waals surface area contributed by atoms with Crippen LogP contribution in [0.1, 0.15) is 0 Å². The van der Waals surface area contributed by atoms with Crippen LogP contribution in [0.5, 0.6) is 11.5 Å². The molecule has 0 saturated heterocycles. The molecule has 0 aliphatic heterocycles. The van der Waals surface area contributed by atoms with Crippen LogP contribution in [0.15, 0.2) is 12.1 Å². The van der Waals surface area contributed by atoms with Crippen LogP contribution in [0.3, 0.4) is 0 Å². The van der Waals surface area contributed by atoms with Crippen LogP contribution >= 0.6 is 11.6 Å². The van der Waals surface area contributed by atoms with Crippen LogP contribution in [-0.2, 0) is 0 Å². The van der Waals surface area contributed by atoms with Crippen LogP contribution in [-0.4, -0.2) is 12.2 Å². The second kappa shape index (κ2) is 2.96. The van der Waals surface area contributed by atoms with Gasteiger partial charge in [0, 0.05) is 0 Å². The van der Waals surface area contributed by atoms with Gasteiger partial charge in [-0.2, -0.15) is 0 Å². The SMILES string of the molecule is COc1c(F)ccc(O)c1Cl. The van der Waals surface area contributed by atoms with Crippen LogP contribution in [0.25, 0.3) is 0 Å². The van der Waals surface area contributed by atoms with Gasteiger partial charge < -0.3 is 9.84 Å². The Morgan fingerprint density at radius 3 is 2.64 bits per heavy atom. The summed E-state index contributed by atoms with van der Waals surface area (Å²) < 4.78 is 17.3. The van der Waals surface area contributed by atoms with Gasteiger partial charge in [-0.05, 0) is 12.1 Å². The smallest absolute Gasteiger partial charge is 0.176 e. The summed E-state index contributed by atoms with van der Waals surface area (Å²) in [6.45, 7) is 0. The molecule has 0 aliphatic rings.